The molecule has 0 spiro atoms. The lowest BCUT2D eigenvalue weighted by Crippen LogP contribution is -2.14. The van der Waals surface area contributed by atoms with E-state index in [1.54, 1.807) is 6.07 Å². The Hall–Kier alpha value is -5.47. The van der Waals surface area contributed by atoms with Crippen molar-refractivity contribution in [1.82, 2.24) is 9.78 Å². The molecule has 0 bridgehead atoms. The molecular weight excluding hydrogens is 527 g/mol. The molecule has 0 aliphatic carbocycles. The zero-order chi connectivity index (χ0) is 28.2. The summed E-state index contributed by atoms with van der Waals surface area (Å²) in [5, 5.41) is 28.9. The summed E-state index contributed by atoms with van der Waals surface area (Å²) in [6.45, 7) is -0.260. The third-order valence-corrected chi connectivity index (χ3v) is 5.04. The molecule has 1 heterocycles. The molecule has 12 nitrogen and oxygen atoms in total. The van der Waals surface area contributed by atoms with Crippen LogP contribution in [0.25, 0.3) is 0 Å². The number of aromatic nitrogens is 2. The number of nitrogens with one attached hydrogen (secondary N) is 1. The summed E-state index contributed by atoms with van der Waals surface area (Å²) < 4.78 is 51.0. The van der Waals surface area contributed by atoms with Gasteiger partial charge in [-0.1, -0.05) is 18.2 Å². The van der Waals surface area contributed by atoms with E-state index in [2.05, 4.69) is 10.4 Å². The minimum absolute atomic E-state index is 0.00565. The van der Waals surface area contributed by atoms with Gasteiger partial charge in [-0.15, -0.1) is 0 Å². The van der Waals surface area contributed by atoms with E-state index in [9.17, 15) is 38.2 Å². The second kappa shape index (κ2) is 10.9. The van der Waals surface area contributed by atoms with Crippen LogP contribution in [-0.2, 0) is 12.9 Å². The highest BCUT2D eigenvalue weighted by Gasteiger charge is 2.30. The van der Waals surface area contributed by atoms with E-state index in [4.69, 9.17) is 9.47 Å². The first-order valence-electron chi connectivity index (χ1n) is 10.9. The lowest BCUT2D eigenvalue weighted by atomic mass is 10.2. The first-order chi connectivity index (χ1) is 18.5. The number of nitrogens with zero attached hydrogens (tertiary/aromatic N) is 4. The molecule has 4 aromatic rings. The highest BCUT2D eigenvalue weighted by Crippen LogP contribution is 2.34. The number of para-hydroxylation sites is 2. The van der Waals surface area contributed by atoms with Crippen molar-refractivity contribution in [2.45, 2.75) is 12.9 Å². The zero-order valence-corrected chi connectivity index (χ0v) is 19.5. The van der Waals surface area contributed by atoms with Gasteiger partial charge < -0.3 is 14.8 Å². The molecule has 15 heteroatoms. The van der Waals surface area contributed by atoms with Gasteiger partial charge in [-0.05, 0) is 30.3 Å². The van der Waals surface area contributed by atoms with E-state index in [1.165, 1.54) is 47.3 Å². The normalized spacial score (nSPS) is 11.1. The summed E-state index contributed by atoms with van der Waals surface area (Å²) in [5.74, 6) is -1.19. The monoisotopic (exact) mass is 543 g/mol. The van der Waals surface area contributed by atoms with Crippen molar-refractivity contribution < 1.29 is 37.3 Å². The smallest absolute Gasteiger partial charge is 0.416 e. The number of benzene rings is 3. The maximum atomic E-state index is 13.0. The molecule has 0 atom stereocenters. The third-order valence-electron chi connectivity index (χ3n) is 5.04. The Labute approximate surface area is 216 Å². The molecule has 200 valence electrons. The molecule has 0 saturated heterocycles. The second-order valence-electron chi connectivity index (χ2n) is 7.79. The highest BCUT2D eigenvalue weighted by molar-refractivity contribution is 6.03. The van der Waals surface area contributed by atoms with E-state index in [0.29, 0.717) is 0 Å². The Morgan fingerprint density at radius 3 is 2.44 bits per heavy atom. The number of alkyl halides is 3. The Morgan fingerprint density at radius 2 is 1.72 bits per heavy atom. The molecule has 1 amide bonds. The number of hydrogen-bond donors (Lipinski definition) is 1. The van der Waals surface area contributed by atoms with Gasteiger partial charge in [0.2, 0.25) is 0 Å². The van der Waals surface area contributed by atoms with Gasteiger partial charge in [0.1, 0.15) is 11.5 Å². The summed E-state index contributed by atoms with van der Waals surface area (Å²) in [5.41, 5.74) is -1.91. The number of ether oxygens (including phenoxy) is 2. The number of hydrogen-bond acceptors (Lipinski definition) is 8. The predicted octanol–water partition coefficient (Wildman–Crippen LogP) is 5.80. The van der Waals surface area contributed by atoms with Crippen LogP contribution in [0.1, 0.15) is 16.1 Å². The third kappa shape index (κ3) is 6.65. The summed E-state index contributed by atoms with van der Waals surface area (Å²) in [4.78, 5) is 33.8. The van der Waals surface area contributed by atoms with Crippen LogP contribution in [0, 0.1) is 20.2 Å². The van der Waals surface area contributed by atoms with Crippen LogP contribution in [0.3, 0.4) is 0 Å². The van der Waals surface area contributed by atoms with Crippen molar-refractivity contribution >= 4 is 23.0 Å². The van der Waals surface area contributed by atoms with Gasteiger partial charge in [-0.3, -0.25) is 25.0 Å². The lowest BCUT2D eigenvalue weighted by Gasteiger charge is -2.11. The van der Waals surface area contributed by atoms with E-state index in [0.717, 1.165) is 30.3 Å². The Balaban J connectivity index is 1.48. The number of anilines is 1. The number of halogens is 3. The number of nitro groups is 2. The molecule has 0 fully saturated rings. The fourth-order valence-electron chi connectivity index (χ4n) is 3.31. The van der Waals surface area contributed by atoms with E-state index in [-0.39, 0.29) is 41.0 Å². The maximum Gasteiger partial charge on any atom is 0.416 e. The number of amides is 1. The van der Waals surface area contributed by atoms with Crippen LogP contribution >= 0.6 is 0 Å². The second-order valence-corrected chi connectivity index (χ2v) is 7.79. The van der Waals surface area contributed by atoms with Crippen molar-refractivity contribution in [3.8, 4) is 17.2 Å². The Morgan fingerprint density at radius 1 is 0.949 bits per heavy atom. The minimum Gasteiger partial charge on any atom is -0.464 e. The fourth-order valence-corrected chi connectivity index (χ4v) is 3.31. The molecule has 3 aromatic carbocycles. The van der Waals surface area contributed by atoms with Crippen LogP contribution in [0.15, 0.2) is 79.0 Å². The number of nitro benzene ring substituents is 2. The zero-order valence-electron chi connectivity index (χ0n) is 19.5. The molecule has 0 unspecified atom stereocenters. The molecule has 1 aromatic heterocycles. The van der Waals surface area contributed by atoms with Crippen molar-refractivity contribution in [3.05, 3.63) is 110 Å². The van der Waals surface area contributed by atoms with Crippen molar-refractivity contribution in [2.75, 3.05) is 5.32 Å². The van der Waals surface area contributed by atoms with Gasteiger partial charge in [0.15, 0.2) is 18.2 Å². The molecule has 4 rings (SSSR count). The maximum absolute atomic E-state index is 13.0. The van der Waals surface area contributed by atoms with E-state index < -0.39 is 33.2 Å². The fraction of sp³-hybridized carbons (Fsp3) is 0.0833. The van der Waals surface area contributed by atoms with Crippen LogP contribution in [0.4, 0.5) is 30.2 Å². The Bertz CT molecular complexity index is 1560. The van der Waals surface area contributed by atoms with Gasteiger partial charge in [-0.25, -0.2) is 4.68 Å². The van der Waals surface area contributed by atoms with E-state index in [1.807, 2.05) is 0 Å². The van der Waals surface area contributed by atoms with Gasteiger partial charge in [0.25, 0.3) is 11.6 Å². The topological polar surface area (TPSA) is 152 Å². The quantitative estimate of drug-likeness (QED) is 0.205. The highest BCUT2D eigenvalue weighted by atomic mass is 19.4. The summed E-state index contributed by atoms with van der Waals surface area (Å²) in [6, 6.07) is 14.2. The van der Waals surface area contributed by atoms with Crippen LogP contribution in [-0.4, -0.2) is 25.5 Å². The van der Waals surface area contributed by atoms with Crippen molar-refractivity contribution in [2.24, 2.45) is 0 Å². The van der Waals surface area contributed by atoms with Crippen LogP contribution in [0.2, 0.25) is 0 Å². The summed E-state index contributed by atoms with van der Waals surface area (Å²) >= 11 is 0. The number of carbonyl (C=O) groups is 1. The van der Waals surface area contributed by atoms with Gasteiger partial charge in [-0.2, -0.15) is 18.3 Å². The van der Waals surface area contributed by atoms with Gasteiger partial charge >= 0.3 is 11.9 Å². The van der Waals surface area contributed by atoms with Gasteiger partial charge in [0, 0.05) is 24.4 Å². The lowest BCUT2D eigenvalue weighted by molar-refractivity contribution is -0.386. The van der Waals surface area contributed by atoms with Crippen molar-refractivity contribution in [3.63, 3.8) is 0 Å². The first-order valence-corrected chi connectivity index (χ1v) is 10.9. The number of carbonyl (C=O) groups excluding carboxylic acids is 1. The molecule has 0 aliphatic heterocycles. The molecule has 39 heavy (non-hydrogen) atoms. The molecule has 0 saturated carbocycles. The molecule has 0 aliphatic rings. The summed E-state index contributed by atoms with van der Waals surface area (Å²) in [7, 11) is 0. The SMILES string of the molecule is O=C(Nc1cc(Oc2cccc(C(F)(F)F)c2)cc([N+](=O)[O-])c1)c1ccn(COc2ccccc2[N+](=O)[O-])n1. The minimum atomic E-state index is -4.62. The first kappa shape index (κ1) is 26.6. The molecule has 0 radical (unpaired) electrons. The number of non-ortho nitro benzene ring substituents is 1. The largest absolute Gasteiger partial charge is 0.464 e. The molecular formula is C24H16F3N5O7. The Kier molecular flexibility index (Phi) is 7.41. The standard InChI is InChI=1S/C24H16F3N5O7/c25-24(26,27)15-4-3-5-18(10-15)39-19-12-16(11-17(13-19)31(34)35)28-23(33)20-8-9-30(29-20)14-38-22-7-2-1-6-21(22)32(36)37/h1-13H,14H2,(H,28,33). The molecule has 1 N–H and O–H groups in total. The van der Waals surface area contributed by atoms with Crippen molar-refractivity contribution in [1.29, 1.82) is 0 Å². The number of rotatable bonds is 9. The van der Waals surface area contributed by atoms with Crippen LogP contribution < -0.4 is 14.8 Å². The van der Waals surface area contributed by atoms with Crippen LogP contribution in [0.5, 0.6) is 17.2 Å². The van der Waals surface area contributed by atoms with Gasteiger partial charge in [0.05, 0.1) is 27.2 Å². The predicted molar refractivity (Wildman–Crippen MR) is 129 cm³/mol. The average molecular weight is 543 g/mol. The average Bonchev–Trinajstić information content (AvgIpc) is 3.36. The van der Waals surface area contributed by atoms with E-state index >= 15 is 0 Å². The summed E-state index contributed by atoms with van der Waals surface area (Å²) in [6.07, 6.45) is -3.25.